The van der Waals surface area contributed by atoms with Gasteiger partial charge in [-0.15, -0.1) is 0 Å². The topological polar surface area (TPSA) is 149 Å². The average molecular weight is 602 g/mol. The van der Waals surface area contributed by atoms with Gasteiger partial charge in [-0.3, -0.25) is 14.7 Å². The number of amides is 1. The van der Waals surface area contributed by atoms with Crippen molar-refractivity contribution in [2.45, 2.75) is 79.2 Å². The Morgan fingerprint density at radius 1 is 1.18 bits per heavy atom. The van der Waals surface area contributed by atoms with Crippen LogP contribution >= 0.6 is 21.6 Å². The molecule has 226 valence electrons. The number of aliphatic hydroxyl groups excluding tert-OH is 2. The number of hydrogen-bond acceptors (Lipinski definition) is 11. The number of hydrogen-bond donors (Lipinski definition) is 3. The highest BCUT2D eigenvalue weighted by Crippen LogP contribution is 2.42. The van der Waals surface area contributed by atoms with Gasteiger partial charge >= 0.3 is 23.7 Å². The molecule has 0 aromatic carbocycles. The SMILES string of the molecule is CC.CC.CCC(C)(C)C(=O)OCCSSCCOC(=O)Nc1ccn(C2OC(CO)C(O)C2(F)F)c(=O)n1. The van der Waals surface area contributed by atoms with Crippen LogP contribution in [0.5, 0.6) is 0 Å². The molecule has 2 heterocycles. The molecule has 1 aliphatic rings. The van der Waals surface area contributed by atoms with Gasteiger partial charge in [0, 0.05) is 17.7 Å². The monoisotopic (exact) mass is 601 g/mol. The van der Waals surface area contributed by atoms with Crippen molar-refractivity contribution in [1.29, 1.82) is 0 Å². The number of aliphatic hydroxyl groups is 2. The first-order valence-corrected chi connectivity index (χ1v) is 15.2. The molecule has 0 aliphatic carbocycles. The molecule has 3 atom stereocenters. The molecule has 3 unspecified atom stereocenters. The Kier molecular flexibility index (Phi) is 17.5. The number of aromatic nitrogens is 2. The molecule has 0 radical (unpaired) electrons. The lowest BCUT2D eigenvalue weighted by molar-refractivity contribution is -0.153. The van der Waals surface area contributed by atoms with E-state index in [1.165, 1.54) is 21.6 Å². The highest BCUT2D eigenvalue weighted by Gasteiger charge is 2.59. The minimum Gasteiger partial charge on any atom is -0.464 e. The summed E-state index contributed by atoms with van der Waals surface area (Å²) in [5.74, 6) is -3.29. The normalized spacial score (nSPS) is 19.6. The zero-order valence-electron chi connectivity index (χ0n) is 23.4. The van der Waals surface area contributed by atoms with Crippen LogP contribution in [0.4, 0.5) is 19.4 Å². The van der Waals surface area contributed by atoms with E-state index in [2.05, 4.69) is 10.3 Å². The fourth-order valence-electron chi connectivity index (χ4n) is 2.71. The first-order valence-electron chi connectivity index (χ1n) is 12.7. The number of rotatable bonds is 12. The molecule has 1 aromatic rings. The Hall–Kier alpha value is -1.94. The van der Waals surface area contributed by atoms with Gasteiger partial charge in [0.25, 0.3) is 0 Å². The lowest BCUT2D eigenvalue weighted by atomic mass is 9.91. The Bertz CT molecular complexity index is 937. The van der Waals surface area contributed by atoms with E-state index in [-0.39, 0.29) is 25.0 Å². The summed E-state index contributed by atoms with van der Waals surface area (Å²) >= 11 is 0. The molecular weight excluding hydrogens is 560 g/mol. The summed E-state index contributed by atoms with van der Waals surface area (Å²) in [7, 11) is 2.87. The molecule has 1 aliphatic heterocycles. The first-order chi connectivity index (χ1) is 18.4. The van der Waals surface area contributed by atoms with Gasteiger partial charge in [-0.05, 0) is 26.3 Å². The molecule has 0 spiro atoms. The van der Waals surface area contributed by atoms with E-state index in [0.29, 0.717) is 22.5 Å². The Balaban J connectivity index is 0.00000344. The number of alkyl halides is 2. The number of esters is 1. The summed E-state index contributed by atoms with van der Waals surface area (Å²) in [6, 6.07) is 1.09. The predicted octanol–water partition coefficient (Wildman–Crippen LogP) is 4.09. The number of nitrogens with zero attached hydrogens (tertiary/aromatic N) is 2. The summed E-state index contributed by atoms with van der Waals surface area (Å²) in [6.45, 7) is 13.0. The summed E-state index contributed by atoms with van der Waals surface area (Å²) < 4.78 is 43.9. The summed E-state index contributed by atoms with van der Waals surface area (Å²) in [5, 5.41) is 20.8. The quantitative estimate of drug-likeness (QED) is 0.181. The smallest absolute Gasteiger partial charge is 0.412 e. The number of nitrogens with one attached hydrogen (secondary N) is 1. The fourth-order valence-corrected chi connectivity index (χ4v) is 4.37. The average Bonchev–Trinajstić information content (AvgIpc) is 3.15. The molecular formula is C24H41F2N3O8S2. The van der Waals surface area contributed by atoms with Crippen LogP contribution in [0.15, 0.2) is 17.1 Å². The van der Waals surface area contributed by atoms with E-state index in [4.69, 9.17) is 19.3 Å². The first kappa shape index (κ1) is 37.1. The molecule has 39 heavy (non-hydrogen) atoms. The molecule has 2 rings (SSSR count). The number of anilines is 1. The molecule has 1 amide bonds. The van der Waals surface area contributed by atoms with Gasteiger partial charge < -0.3 is 24.4 Å². The summed E-state index contributed by atoms with van der Waals surface area (Å²) in [4.78, 5) is 39.4. The van der Waals surface area contributed by atoms with E-state index in [9.17, 15) is 28.3 Å². The number of ether oxygens (including phenoxy) is 3. The van der Waals surface area contributed by atoms with Crippen LogP contribution in [-0.4, -0.2) is 81.3 Å². The maximum atomic E-state index is 14.2. The maximum Gasteiger partial charge on any atom is 0.412 e. The zero-order chi connectivity index (χ0) is 30.2. The Labute approximate surface area is 235 Å². The highest BCUT2D eigenvalue weighted by molar-refractivity contribution is 8.76. The molecule has 1 aromatic heterocycles. The van der Waals surface area contributed by atoms with Crippen molar-refractivity contribution in [3.8, 4) is 0 Å². The fraction of sp³-hybridized carbons (Fsp3) is 0.750. The van der Waals surface area contributed by atoms with Crippen molar-refractivity contribution in [1.82, 2.24) is 9.55 Å². The highest BCUT2D eigenvalue weighted by atomic mass is 33.1. The van der Waals surface area contributed by atoms with E-state index >= 15 is 0 Å². The molecule has 15 heteroatoms. The van der Waals surface area contributed by atoms with Gasteiger partial charge in [-0.1, -0.05) is 56.2 Å². The lowest BCUT2D eigenvalue weighted by Crippen LogP contribution is -2.41. The minimum atomic E-state index is -3.84. The van der Waals surface area contributed by atoms with Gasteiger partial charge in [0.05, 0.1) is 12.0 Å². The second-order valence-corrected chi connectivity index (χ2v) is 10.8. The third kappa shape index (κ3) is 11.2. The minimum absolute atomic E-state index is 0.0474. The van der Waals surface area contributed by atoms with Crippen LogP contribution in [0.25, 0.3) is 0 Å². The lowest BCUT2D eigenvalue weighted by Gasteiger charge is -2.21. The van der Waals surface area contributed by atoms with Crippen molar-refractivity contribution in [3.63, 3.8) is 0 Å². The van der Waals surface area contributed by atoms with Gasteiger partial charge in [-0.25, -0.2) is 9.59 Å². The van der Waals surface area contributed by atoms with Crippen LogP contribution in [0, 0.1) is 5.41 Å². The third-order valence-electron chi connectivity index (χ3n) is 5.19. The maximum absolute atomic E-state index is 14.2. The predicted molar refractivity (Wildman–Crippen MR) is 148 cm³/mol. The van der Waals surface area contributed by atoms with Crippen molar-refractivity contribution >= 4 is 39.5 Å². The van der Waals surface area contributed by atoms with E-state index < -0.39 is 48.2 Å². The van der Waals surface area contributed by atoms with Gasteiger partial charge in [0.1, 0.15) is 25.1 Å². The van der Waals surface area contributed by atoms with Gasteiger partial charge in [0.15, 0.2) is 6.10 Å². The van der Waals surface area contributed by atoms with Crippen LogP contribution in [0.2, 0.25) is 0 Å². The second-order valence-electron chi connectivity index (χ2n) is 8.11. The van der Waals surface area contributed by atoms with Crippen LogP contribution < -0.4 is 11.0 Å². The van der Waals surface area contributed by atoms with Crippen LogP contribution in [0.3, 0.4) is 0 Å². The summed E-state index contributed by atoms with van der Waals surface area (Å²) in [6.07, 6.45) is -5.30. The van der Waals surface area contributed by atoms with Crippen LogP contribution in [-0.2, 0) is 19.0 Å². The van der Waals surface area contributed by atoms with E-state index in [1.54, 1.807) is 0 Å². The second kappa shape index (κ2) is 18.4. The molecule has 11 nitrogen and oxygen atoms in total. The molecule has 0 bridgehead atoms. The van der Waals surface area contributed by atoms with Crippen molar-refractivity contribution < 1.29 is 42.8 Å². The molecule has 1 saturated heterocycles. The van der Waals surface area contributed by atoms with E-state index in [0.717, 1.165) is 12.3 Å². The Morgan fingerprint density at radius 3 is 2.23 bits per heavy atom. The van der Waals surface area contributed by atoms with Crippen molar-refractivity contribution in [2.75, 3.05) is 36.6 Å². The Morgan fingerprint density at radius 2 is 1.74 bits per heavy atom. The van der Waals surface area contributed by atoms with Crippen molar-refractivity contribution in [2.24, 2.45) is 5.41 Å². The third-order valence-corrected chi connectivity index (χ3v) is 7.52. The number of halogens is 2. The van der Waals surface area contributed by atoms with Crippen LogP contribution in [0.1, 0.15) is 61.1 Å². The number of carbonyl (C=O) groups excluding carboxylic acids is 2. The summed E-state index contributed by atoms with van der Waals surface area (Å²) in [5.41, 5.74) is -1.67. The zero-order valence-corrected chi connectivity index (χ0v) is 25.1. The van der Waals surface area contributed by atoms with Gasteiger partial charge in [0.2, 0.25) is 6.23 Å². The molecule has 0 saturated carbocycles. The molecule has 1 fully saturated rings. The van der Waals surface area contributed by atoms with E-state index in [1.807, 2.05) is 48.5 Å². The molecule has 3 N–H and O–H groups in total. The number of carbonyl (C=O) groups is 2. The largest absolute Gasteiger partial charge is 0.464 e. The van der Waals surface area contributed by atoms with Crippen molar-refractivity contribution in [3.05, 3.63) is 22.7 Å². The standard InChI is InChI=1S/C20H29F2N3O8S2.2C2H6/c1-4-19(2,3)16(28)31-7-9-34-35-10-8-32-18(30)24-13-5-6-25(17(29)23-13)15-20(21,22)14(27)12(11-26)33-15;2*1-2/h5-6,12,14-15,26-27H,4,7-11H2,1-3H3,(H,23,24,29,30);2*1-2H3. The van der Waals surface area contributed by atoms with Gasteiger partial charge in [-0.2, -0.15) is 13.8 Å².